The third-order valence-corrected chi connectivity index (χ3v) is 12.7. The molecule has 0 heterocycles. The van der Waals surface area contributed by atoms with Crippen molar-refractivity contribution in [3.8, 4) is 0 Å². The standard InChI is InChI=1S/C29H48O2/c1-18(2)19-9-15-29(17-30)16-10-21-20(25(19)29)7-8-23-27(21,5)13-11-22-26(3,4)24(31)12-14-28(22,23)6/h19-25,30-31H,1,7-17H2,2-6H3/t19-,20?,21?,22?,23?,24+,25?,27?,28?,29?/m1/s1. The molecule has 0 aromatic rings. The van der Waals surface area contributed by atoms with Gasteiger partial charge in [-0.1, -0.05) is 39.8 Å². The van der Waals surface area contributed by atoms with Gasteiger partial charge in [0.2, 0.25) is 0 Å². The summed E-state index contributed by atoms with van der Waals surface area (Å²) in [6, 6.07) is 0. The molecular formula is C29H48O2. The zero-order chi connectivity index (χ0) is 22.4. The lowest BCUT2D eigenvalue weighted by atomic mass is 9.36. The summed E-state index contributed by atoms with van der Waals surface area (Å²) in [5, 5.41) is 21.4. The van der Waals surface area contributed by atoms with Crippen LogP contribution in [0.2, 0.25) is 0 Å². The van der Waals surface area contributed by atoms with Crippen molar-refractivity contribution in [2.24, 2.45) is 57.2 Å². The fraction of sp³-hybridized carbons (Fsp3) is 0.931. The number of rotatable bonds is 2. The van der Waals surface area contributed by atoms with E-state index in [0.29, 0.717) is 35.2 Å². The molecule has 0 amide bonds. The first-order chi connectivity index (χ1) is 14.5. The van der Waals surface area contributed by atoms with E-state index < -0.39 is 0 Å². The molecule has 0 aromatic carbocycles. The molecule has 0 spiro atoms. The summed E-state index contributed by atoms with van der Waals surface area (Å²) in [6.45, 7) is 17.0. The van der Waals surface area contributed by atoms with Crippen LogP contribution in [-0.2, 0) is 0 Å². The lowest BCUT2D eigenvalue weighted by Gasteiger charge is -2.69. The highest BCUT2D eigenvalue weighted by atomic mass is 16.3. The molecule has 10 atom stereocenters. The van der Waals surface area contributed by atoms with Crippen molar-refractivity contribution in [2.75, 3.05) is 6.61 Å². The Kier molecular flexibility index (Phi) is 5.13. The number of aliphatic hydroxyl groups is 2. The number of allylic oxidation sites excluding steroid dienone is 1. The van der Waals surface area contributed by atoms with Gasteiger partial charge in [-0.2, -0.15) is 0 Å². The smallest absolute Gasteiger partial charge is 0.0594 e. The van der Waals surface area contributed by atoms with Gasteiger partial charge in [0.25, 0.3) is 0 Å². The molecule has 5 fully saturated rings. The maximum Gasteiger partial charge on any atom is 0.0594 e. The van der Waals surface area contributed by atoms with E-state index in [4.69, 9.17) is 0 Å². The molecule has 5 saturated carbocycles. The molecule has 176 valence electrons. The van der Waals surface area contributed by atoms with Crippen LogP contribution in [0.1, 0.15) is 98.8 Å². The molecule has 0 bridgehead atoms. The molecular weight excluding hydrogens is 380 g/mol. The van der Waals surface area contributed by atoms with Gasteiger partial charge in [-0.15, -0.1) is 0 Å². The zero-order valence-corrected chi connectivity index (χ0v) is 20.9. The minimum atomic E-state index is -0.138. The van der Waals surface area contributed by atoms with Crippen molar-refractivity contribution in [2.45, 2.75) is 105 Å². The second-order valence-corrected chi connectivity index (χ2v) is 14.0. The molecule has 5 rings (SSSR count). The van der Waals surface area contributed by atoms with Crippen molar-refractivity contribution >= 4 is 0 Å². The van der Waals surface area contributed by atoms with Gasteiger partial charge in [0, 0.05) is 6.61 Å². The first-order valence-electron chi connectivity index (χ1n) is 13.5. The van der Waals surface area contributed by atoms with E-state index in [9.17, 15) is 10.2 Å². The summed E-state index contributed by atoms with van der Waals surface area (Å²) in [5.41, 5.74) is 2.38. The van der Waals surface area contributed by atoms with Gasteiger partial charge < -0.3 is 10.2 Å². The average Bonchev–Trinajstić information content (AvgIpc) is 3.11. The Bertz CT molecular complexity index is 741. The third kappa shape index (κ3) is 2.82. The summed E-state index contributed by atoms with van der Waals surface area (Å²) in [6.07, 6.45) is 12.4. The van der Waals surface area contributed by atoms with E-state index in [1.54, 1.807) is 0 Å². The highest BCUT2D eigenvalue weighted by molar-refractivity contribution is 5.18. The Morgan fingerprint density at radius 3 is 2.19 bits per heavy atom. The maximum atomic E-state index is 10.8. The highest BCUT2D eigenvalue weighted by Crippen LogP contribution is 2.73. The number of hydrogen-bond donors (Lipinski definition) is 2. The quantitative estimate of drug-likeness (QED) is 0.486. The lowest BCUT2D eigenvalue weighted by molar-refractivity contribution is -0.217. The summed E-state index contributed by atoms with van der Waals surface area (Å²) in [5.74, 6) is 4.29. The van der Waals surface area contributed by atoms with Gasteiger partial charge in [-0.25, -0.2) is 0 Å². The van der Waals surface area contributed by atoms with Crippen molar-refractivity contribution in [1.82, 2.24) is 0 Å². The van der Waals surface area contributed by atoms with Crippen LogP contribution in [-0.4, -0.2) is 22.9 Å². The Balaban J connectivity index is 1.50. The molecule has 0 aromatic heterocycles. The third-order valence-electron chi connectivity index (χ3n) is 12.7. The van der Waals surface area contributed by atoms with Crippen molar-refractivity contribution in [1.29, 1.82) is 0 Å². The van der Waals surface area contributed by atoms with Gasteiger partial charge >= 0.3 is 0 Å². The van der Waals surface area contributed by atoms with E-state index in [1.807, 2.05) is 0 Å². The van der Waals surface area contributed by atoms with Crippen LogP contribution < -0.4 is 0 Å². The number of hydrogen-bond acceptors (Lipinski definition) is 2. The summed E-state index contributed by atoms with van der Waals surface area (Å²) >= 11 is 0. The van der Waals surface area contributed by atoms with Gasteiger partial charge in [-0.05, 0) is 128 Å². The van der Waals surface area contributed by atoms with Gasteiger partial charge in [0.1, 0.15) is 0 Å². The topological polar surface area (TPSA) is 40.5 Å². The van der Waals surface area contributed by atoms with Crippen LogP contribution >= 0.6 is 0 Å². The molecule has 5 aliphatic carbocycles. The molecule has 31 heavy (non-hydrogen) atoms. The van der Waals surface area contributed by atoms with Crippen molar-refractivity contribution < 1.29 is 10.2 Å². The SMILES string of the molecule is C=C(C)[C@H]1CCC2(CO)CCC3C(CCC4C3(C)CCC3C4(C)CC[C@H](O)C3(C)C)C12. The van der Waals surface area contributed by atoms with E-state index in [0.717, 1.165) is 24.2 Å². The molecule has 2 heteroatoms. The van der Waals surface area contributed by atoms with E-state index in [-0.39, 0.29) is 16.9 Å². The highest BCUT2D eigenvalue weighted by Gasteiger charge is 2.67. The Morgan fingerprint density at radius 2 is 1.52 bits per heavy atom. The molecule has 0 aliphatic heterocycles. The van der Waals surface area contributed by atoms with Crippen LogP contribution in [0.25, 0.3) is 0 Å². The molecule has 2 N–H and O–H groups in total. The average molecular weight is 429 g/mol. The van der Waals surface area contributed by atoms with Gasteiger partial charge in [0.05, 0.1) is 6.10 Å². The molecule has 8 unspecified atom stereocenters. The van der Waals surface area contributed by atoms with Crippen LogP contribution in [0, 0.1) is 57.2 Å². The molecule has 0 saturated heterocycles. The van der Waals surface area contributed by atoms with Crippen molar-refractivity contribution in [3.63, 3.8) is 0 Å². The van der Waals surface area contributed by atoms with Gasteiger partial charge in [0.15, 0.2) is 0 Å². The van der Waals surface area contributed by atoms with Gasteiger partial charge in [-0.3, -0.25) is 0 Å². The van der Waals surface area contributed by atoms with E-state index in [2.05, 4.69) is 41.2 Å². The van der Waals surface area contributed by atoms with Crippen molar-refractivity contribution in [3.05, 3.63) is 12.2 Å². The van der Waals surface area contributed by atoms with Crippen LogP contribution in [0.5, 0.6) is 0 Å². The lowest BCUT2D eigenvalue weighted by Crippen LogP contribution is -2.63. The Hall–Kier alpha value is -0.340. The number of aliphatic hydroxyl groups excluding tert-OH is 2. The summed E-state index contributed by atoms with van der Waals surface area (Å²) in [4.78, 5) is 0. The first kappa shape index (κ1) is 22.5. The molecule has 0 radical (unpaired) electrons. The monoisotopic (exact) mass is 428 g/mol. The fourth-order valence-electron chi connectivity index (χ4n) is 11.2. The number of fused-ring (bicyclic) bond motifs is 7. The minimum Gasteiger partial charge on any atom is -0.396 e. The largest absolute Gasteiger partial charge is 0.396 e. The predicted octanol–water partition coefficient (Wildman–Crippen LogP) is 6.61. The Labute approximate surface area is 191 Å². The minimum absolute atomic E-state index is 0.0420. The molecule has 5 aliphatic rings. The van der Waals surface area contributed by atoms with Crippen LogP contribution in [0.3, 0.4) is 0 Å². The van der Waals surface area contributed by atoms with E-state index in [1.165, 1.54) is 63.4 Å². The van der Waals surface area contributed by atoms with Crippen LogP contribution in [0.4, 0.5) is 0 Å². The van der Waals surface area contributed by atoms with Crippen LogP contribution in [0.15, 0.2) is 12.2 Å². The summed E-state index contributed by atoms with van der Waals surface area (Å²) in [7, 11) is 0. The second-order valence-electron chi connectivity index (χ2n) is 14.0. The zero-order valence-electron chi connectivity index (χ0n) is 20.9. The summed E-state index contributed by atoms with van der Waals surface area (Å²) < 4.78 is 0. The Morgan fingerprint density at radius 1 is 0.839 bits per heavy atom. The fourth-order valence-corrected chi connectivity index (χ4v) is 11.2. The molecule has 2 nitrogen and oxygen atoms in total. The van der Waals surface area contributed by atoms with E-state index >= 15 is 0 Å². The predicted molar refractivity (Wildman–Crippen MR) is 127 cm³/mol. The second kappa shape index (κ2) is 7.08. The first-order valence-corrected chi connectivity index (χ1v) is 13.5. The normalized spacial score (nSPS) is 55.5. The maximum absolute atomic E-state index is 10.8.